The summed E-state index contributed by atoms with van der Waals surface area (Å²) in [5.41, 5.74) is 0. The summed E-state index contributed by atoms with van der Waals surface area (Å²) in [5.74, 6) is 0. The van der Waals surface area contributed by atoms with Crippen molar-refractivity contribution in [2.24, 2.45) is 0 Å². The van der Waals surface area contributed by atoms with E-state index in [9.17, 15) is 0 Å². The maximum Gasteiger partial charge on any atom is 0.0588 e. The molecular weight excluding hydrogens is 174 g/mol. The number of rotatable bonds is 4. The van der Waals surface area contributed by atoms with Crippen molar-refractivity contribution >= 4 is 0 Å². The van der Waals surface area contributed by atoms with Crippen molar-refractivity contribution in [3.05, 3.63) is 12.2 Å². The standard InChI is InChI=1S/C12H21NO/c1-2-5-11(6-3-1)13-9-8-12-7-4-10-14-12/h2,5,11-13H,1,3-4,6-10H2. The van der Waals surface area contributed by atoms with Gasteiger partial charge < -0.3 is 10.1 Å². The lowest BCUT2D eigenvalue weighted by Crippen LogP contribution is -2.31. The fourth-order valence-corrected chi connectivity index (χ4v) is 2.28. The van der Waals surface area contributed by atoms with Crippen molar-refractivity contribution in [1.82, 2.24) is 5.32 Å². The van der Waals surface area contributed by atoms with Crippen LogP contribution in [0.25, 0.3) is 0 Å². The van der Waals surface area contributed by atoms with E-state index in [1.54, 1.807) is 0 Å². The molecule has 2 unspecified atom stereocenters. The zero-order valence-corrected chi connectivity index (χ0v) is 8.87. The molecule has 1 N–H and O–H groups in total. The zero-order valence-electron chi connectivity index (χ0n) is 8.87. The lowest BCUT2D eigenvalue weighted by molar-refractivity contribution is 0.104. The van der Waals surface area contributed by atoms with Crippen LogP contribution in [0.5, 0.6) is 0 Å². The van der Waals surface area contributed by atoms with Gasteiger partial charge in [0.1, 0.15) is 0 Å². The molecule has 2 nitrogen and oxygen atoms in total. The third-order valence-corrected chi connectivity index (χ3v) is 3.15. The van der Waals surface area contributed by atoms with Gasteiger partial charge in [0.2, 0.25) is 0 Å². The molecular formula is C12H21NO. The van der Waals surface area contributed by atoms with E-state index in [2.05, 4.69) is 17.5 Å². The molecule has 2 aliphatic rings. The summed E-state index contributed by atoms with van der Waals surface area (Å²) < 4.78 is 5.58. The average molecular weight is 195 g/mol. The molecule has 0 aromatic carbocycles. The molecule has 0 amide bonds. The molecule has 2 rings (SSSR count). The van der Waals surface area contributed by atoms with Gasteiger partial charge in [-0.2, -0.15) is 0 Å². The van der Waals surface area contributed by atoms with Crippen LogP contribution in [-0.4, -0.2) is 25.3 Å². The molecule has 80 valence electrons. The van der Waals surface area contributed by atoms with Crippen LogP contribution in [0.4, 0.5) is 0 Å². The average Bonchev–Trinajstić information content (AvgIpc) is 2.72. The van der Waals surface area contributed by atoms with Gasteiger partial charge in [0.15, 0.2) is 0 Å². The minimum Gasteiger partial charge on any atom is -0.378 e. The normalized spacial score (nSPS) is 32.3. The van der Waals surface area contributed by atoms with E-state index < -0.39 is 0 Å². The lowest BCUT2D eigenvalue weighted by Gasteiger charge is -2.19. The topological polar surface area (TPSA) is 21.3 Å². The van der Waals surface area contributed by atoms with E-state index in [4.69, 9.17) is 4.74 Å². The van der Waals surface area contributed by atoms with Gasteiger partial charge in [-0.3, -0.25) is 0 Å². The van der Waals surface area contributed by atoms with Gasteiger partial charge in [0.25, 0.3) is 0 Å². The van der Waals surface area contributed by atoms with Crippen molar-refractivity contribution in [1.29, 1.82) is 0 Å². The van der Waals surface area contributed by atoms with Crippen LogP contribution in [0, 0.1) is 0 Å². The van der Waals surface area contributed by atoms with Crippen molar-refractivity contribution in [2.45, 2.75) is 50.7 Å². The summed E-state index contributed by atoms with van der Waals surface area (Å²) in [6.45, 7) is 2.09. The third kappa shape index (κ3) is 3.10. The maximum atomic E-state index is 5.58. The minimum absolute atomic E-state index is 0.537. The molecule has 1 saturated heterocycles. The first kappa shape index (κ1) is 10.2. The Bertz CT molecular complexity index is 185. The van der Waals surface area contributed by atoms with E-state index in [1.165, 1.54) is 38.5 Å². The Kier molecular flexibility index (Phi) is 4.02. The van der Waals surface area contributed by atoms with Crippen molar-refractivity contribution in [3.63, 3.8) is 0 Å². The number of nitrogens with one attached hydrogen (secondary N) is 1. The molecule has 0 spiro atoms. The van der Waals surface area contributed by atoms with Gasteiger partial charge in [0.05, 0.1) is 6.10 Å². The zero-order chi connectivity index (χ0) is 9.64. The molecule has 0 saturated carbocycles. The molecule has 2 heteroatoms. The lowest BCUT2D eigenvalue weighted by atomic mass is 10.0. The maximum absolute atomic E-state index is 5.58. The Hall–Kier alpha value is -0.340. The molecule has 0 bridgehead atoms. The molecule has 1 aliphatic heterocycles. The van der Waals surface area contributed by atoms with Gasteiger partial charge in [0, 0.05) is 12.6 Å². The van der Waals surface area contributed by atoms with Crippen LogP contribution in [0.3, 0.4) is 0 Å². The van der Waals surface area contributed by atoms with E-state index >= 15 is 0 Å². The first-order valence-corrected chi connectivity index (χ1v) is 5.97. The quantitative estimate of drug-likeness (QED) is 0.695. The van der Waals surface area contributed by atoms with Gasteiger partial charge in [-0.15, -0.1) is 0 Å². The van der Waals surface area contributed by atoms with Crippen molar-refractivity contribution in [3.8, 4) is 0 Å². The SMILES string of the molecule is C1=CC(NCCC2CCCO2)CCC1. The molecule has 0 aromatic rings. The van der Waals surface area contributed by atoms with E-state index in [0.717, 1.165) is 13.2 Å². The summed E-state index contributed by atoms with van der Waals surface area (Å²) >= 11 is 0. The Morgan fingerprint density at radius 3 is 3.00 bits per heavy atom. The third-order valence-electron chi connectivity index (χ3n) is 3.15. The molecule has 1 heterocycles. The minimum atomic E-state index is 0.537. The Labute approximate surface area is 86.7 Å². The predicted molar refractivity (Wildman–Crippen MR) is 58.4 cm³/mol. The first-order valence-electron chi connectivity index (χ1n) is 5.97. The van der Waals surface area contributed by atoms with Gasteiger partial charge >= 0.3 is 0 Å². The largest absolute Gasteiger partial charge is 0.378 e. The molecule has 1 fully saturated rings. The highest BCUT2D eigenvalue weighted by molar-refractivity contribution is 4.97. The summed E-state index contributed by atoms with van der Waals surface area (Å²) in [4.78, 5) is 0. The summed E-state index contributed by atoms with van der Waals surface area (Å²) in [6.07, 6.45) is 12.8. The Morgan fingerprint density at radius 2 is 2.29 bits per heavy atom. The molecule has 0 radical (unpaired) electrons. The van der Waals surface area contributed by atoms with Crippen LogP contribution < -0.4 is 5.32 Å². The van der Waals surface area contributed by atoms with Gasteiger partial charge in [-0.25, -0.2) is 0 Å². The Balaban J connectivity index is 1.57. The van der Waals surface area contributed by atoms with Crippen LogP contribution in [0.2, 0.25) is 0 Å². The second-order valence-corrected chi connectivity index (χ2v) is 4.34. The van der Waals surface area contributed by atoms with E-state index in [0.29, 0.717) is 12.1 Å². The van der Waals surface area contributed by atoms with Crippen LogP contribution in [0.15, 0.2) is 12.2 Å². The summed E-state index contributed by atoms with van der Waals surface area (Å²) in [6, 6.07) is 0.630. The highest BCUT2D eigenvalue weighted by atomic mass is 16.5. The highest BCUT2D eigenvalue weighted by Crippen LogP contribution is 2.15. The number of allylic oxidation sites excluding steroid dienone is 1. The van der Waals surface area contributed by atoms with Gasteiger partial charge in [-0.1, -0.05) is 12.2 Å². The summed E-state index contributed by atoms with van der Waals surface area (Å²) in [7, 11) is 0. The fourth-order valence-electron chi connectivity index (χ4n) is 2.28. The Morgan fingerprint density at radius 1 is 1.29 bits per heavy atom. The van der Waals surface area contributed by atoms with Crippen molar-refractivity contribution in [2.75, 3.05) is 13.2 Å². The molecule has 2 atom stereocenters. The van der Waals surface area contributed by atoms with E-state index in [-0.39, 0.29) is 0 Å². The molecule has 0 aromatic heterocycles. The van der Waals surface area contributed by atoms with Crippen LogP contribution in [0.1, 0.15) is 38.5 Å². The monoisotopic (exact) mass is 195 g/mol. The predicted octanol–water partition coefficient (Wildman–Crippen LogP) is 2.25. The number of hydrogen-bond acceptors (Lipinski definition) is 2. The fraction of sp³-hybridized carbons (Fsp3) is 0.833. The second-order valence-electron chi connectivity index (χ2n) is 4.34. The molecule has 14 heavy (non-hydrogen) atoms. The summed E-state index contributed by atoms with van der Waals surface area (Å²) in [5, 5.41) is 3.58. The van der Waals surface area contributed by atoms with Crippen LogP contribution in [-0.2, 0) is 4.74 Å². The molecule has 1 aliphatic carbocycles. The number of hydrogen-bond donors (Lipinski definition) is 1. The van der Waals surface area contributed by atoms with Gasteiger partial charge in [-0.05, 0) is 45.1 Å². The van der Waals surface area contributed by atoms with Crippen LogP contribution >= 0.6 is 0 Å². The highest BCUT2D eigenvalue weighted by Gasteiger charge is 2.15. The van der Waals surface area contributed by atoms with E-state index in [1.807, 2.05) is 0 Å². The van der Waals surface area contributed by atoms with Crippen molar-refractivity contribution < 1.29 is 4.74 Å². The smallest absolute Gasteiger partial charge is 0.0588 e. The first-order chi connectivity index (χ1) is 6.95. The second kappa shape index (κ2) is 5.52. The number of ether oxygens (including phenoxy) is 1.